The molecule has 0 fully saturated rings. The fourth-order valence-corrected chi connectivity index (χ4v) is 3.52. The molecule has 1 aromatic heterocycles. The van der Waals surface area contributed by atoms with E-state index in [0.717, 1.165) is 11.1 Å². The lowest BCUT2D eigenvalue weighted by Gasteiger charge is -2.04. The van der Waals surface area contributed by atoms with Crippen LogP contribution in [0, 0.1) is 0 Å². The van der Waals surface area contributed by atoms with E-state index in [-0.39, 0.29) is 5.56 Å². The van der Waals surface area contributed by atoms with Gasteiger partial charge in [-0.1, -0.05) is 42.5 Å². The second kappa shape index (κ2) is 5.06. The van der Waals surface area contributed by atoms with Gasteiger partial charge < -0.3 is 0 Å². The molecule has 0 saturated carbocycles. The van der Waals surface area contributed by atoms with Crippen molar-refractivity contribution in [3.8, 4) is 0 Å². The molecule has 100 valence electrons. The van der Waals surface area contributed by atoms with Gasteiger partial charge in [-0.05, 0) is 22.3 Å². The van der Waals surface area contributed by atoms with Crippen molar-refractivity contribution in [2.75, 3.05) is 0 Å². The zero-order valence-electron chi connectivity index (χ0n) is 11.1. The van der Waals surface area contributed by atoms with Crippen LogP contribution in [0.2, 0.25) is 0 Å². The summed E-state index contributed by atoms with van der Waals surface area (Å²) in [5.74, 6) is 0. The normalized spacial score (nSPS) is 11.8. The van der Waals surface area contributed by atoms with Crippen LogP contribution in [0.4, 0.5) is 0 Å². The highest BCUT2D eigenvalue weighted by molar-refractivity contribution is 7.28. The highest BCUT2D eigenvalue weighted by Crippen LogP contribution is 2.21. The first-order valence-corrected chi connectivity index (χ1v) is 7.50. The van der Waals surface area contributed by atoms with E-state index in [1.54, 1.807) is 17.4 Å². The minimum atomic E-state index is -1.90. The number of hydrogen-bond donors (Lipinski definition) is 0. The van der Waals surface area contributed by atoms with E-state index >= 15 is 0 Å². The maximum Gasteiger partial charge on any atom is 0.598 e. The van der Waals surface area contributed by atoms with E-state index < -0.39 is 7.73 Å². The Morgan fingerprint density at radius 3 is 2.40 bits per heavy atom. The molecule has 1 heterocycles. The summed E-state index contributed by atoms with van der Waals surface area (Å²) in [4.78, 5) is 12.1. The zero-order chi connectivity index (χ0) is 14.1. The summed E-state index contributed by atoms with van der Waals surface area (Å²) < 4.78 is 15.6. The van der Waals surface area contributed by atoms with Crippen LogP contribution in [0.25, 0.3) is 10.9 Å². The summed E-state index contributed by atoms with van der Waals surface area (Å²) in [6, 6.07) is 17.1. The van der Waals surface area contributed by atoms with Crippen LogP contribution in [-0.4, -0.2) is 8.66 Å². The second-order valence-corrected chi connectivity index (χ2v) is 6.23. The summed E-state index contributed by atoms with van der Waals surface area (Å²) in [5, 5.41) is 0.598. The van der Waals surface area contributed by atoms with Crippen molar-refractivity contribution in [3.63, 3.8) is 0 Å². The molecule has 3 aromatic rings. The van der Waals surface area contributed by atoms with Crippen molar-refractivity contribution in [2.45, 2.75) is 6.54 Å². The van der Waals surface area contributed by atoms with Gasteiger partial charge in [-0.3, -0.25) is 4.79 Å². The van der Waals surface area contributed by atoms with Crippen LogP contribution >= 0.6 is 7.73 Å². The topological polar surface area (TPSA) is 44.0 Å². The van der Waals surface area contributed by atoms with Crippen molar-refractivity contribution in [1.29, 1.82) is 0 Å². The third kappa shape index (κ3) is 2.08. The first-order valence-electron chi connectivity index (χ1n) is 6.34. The first kappa shape index (κ1) is 12.8. The third-order valence-electron chi connectivity index (χ3n) is 3.34. The highest BCUT2D eigenvalue weighted by Gasteiger charge is 2.19. The van der Waals surface area contributed by atoms with Crippen LogP contribution in [-0.2, 0) is 18.2 Å². The highest BCUT2D eigenvalue weighted by atomic mass is 31.1. The average molecular weight is 285 g/mol. The zero-order valence-corrected chi connectivity index (χ0v) is 12.0. The van der Waals surface area contributed by atoms with Gasteiger partial charge in [0, 0.05) is 0 Å². The molecule has 0 saturated heterocycles. The quantitative estimate of drug-likeness (QED) is 0.726. The predicted molar refractivity (Wildman–Crippen MR) is 80.3 cm³/mol. The summed E-state index contributed by atoms with van der Waals surface area (Å²) in [5.41, 5.74) is 1.61. The molecule has 0 radical (unpaired) electrons. The fourth-order valence-electron chi connectivity index (χ4n) is 2.29. The molecule has 0 spiro atoms. The number of para-hydroxylation sites is 1. The standard InChI is InChI=1S/C15H14N2O2P/c1-16-15(18)13-9-5-6-10-14(13)17(20(16)19)11-12-7-3-2-4-8-12/h2-10H,11H2,1H3/q+1. The van der Waals surface area contributed by atoms with Gasteiger partial charge in [0.15, 0.2) is 0 Å². The maximum absolute atomic E-state index is 12.5. The van der Waals surface area contributed by atoms with E-state index in [4.69, 9.17) is 0 Å². The maximum atomic E-state index is 12.5. The SMILES string of the molecule is Cn1c(=O)c2ccccc2n(Cc2ccccc2)[p+]1=O. The monoisotopic (exact) mass is 285 g/mol. The van der Waals surface area contributed by atoms with Gasteiger partial charge in [0.25, 0.3) is 5.56 Å². The van der Waals surface area contributed by atoms with Gasteiger partial charge in [0.05, 0.1) is 24.5 Å². The lowest BCUT2D eigenvalue weighted by Crippen LogP contribution is -2.18. The molecule has 3 rings (SSSR count). The summed E-state index contributed by atoms with van der Waals surface area (Å²) in [6.45, 7) is 0.519. The van der Waals surface area contributed by atoms with Crippen molar-refractivity contribution >= 4 is 18.6 Å². The summed E-state index contributed by atoms with van der Waals surface area (Å²) >= 11 is 0. The van der Waals surface area contributed by atoms with Gasteiger partial charge in [-0.25, -0.2) is 0 Å². The van der Waals surface area contributed by atoms with Crippen LogP contribution < -0.4 is 5.56 Å². The Morgan fingerprint density at radius 1 is 1.00 bits per heavy atom. The molecule has 1 unspecified atom stereocenters. The van der Waals surface area contributed by atoms with Gasteiger partial charge in [0.2, 0.25) is 0 Å². The van der Waals surface area contributed by atoms with Crippen LogP contribution in [0.15, 0.2) is 59.4 Å². The van der Waals surface area contributed by atoms with Gasteiger partial charge in [-0.2, -0.15) is 0 Å². The molecule has 0 aliphatic heterocycles. The van der Waals surface area contributed by atoms with Gasteiger partial charge in [0.1, 0.15) is 0 Å². The average Bonchev–Trinajstić information content (AvgIpc) is 2.50. The van der Waals surface area contributed by atoms with Crippen molar-refractivity contribution < 1.29 is 4.57 Å². The number of fused-ring (bicyclic) bond motifs is 1. The molecular weight excluding hydrogens is 271 g/mol. The van der Waals surface area contributed by atoms with E-state index in [9.17, 15) is 9.36 Å². The molecule has 4 nitrogen and oxygen atoms in total. The third-order valence-corrected chi connectivity index (χ3v) is 4.81. The lowest BCUT2D eigenvalue weighted by molar-refractivity contribution is 0.577. The Bertz CT molecular complexity index is 882. The number of benzene rings is 2. The van der Waals surface area contributed by atoms with E-state index in [2.05, 4.69) is 0 Å². The minimum absolute atomic E-state index is 0.189. The Kier molecular flexibility index (Phi) is 3.25. The van der Waals surface area contributed by atoms with Crippen LogP contribution in [0.5, 0.6) is 0 Å². The van der Waals surface area contributed by atoms with E-state index in [1.807, 2.05) is 48.5 Å². The number of nitrogens with zero attached hydrogens (tertiary/aromatic N) is 2. The predicted octanol–water partition coefficient (Wildman–Crippen LogP) is 3.13. The van der Waals surface area contributed by atoms with E-state index in [1.165, 1.54) is 4.33 Å². The molecule has 0 bridgehead atoms. The van der Waals surface area contributed by atoms with Crippen LogP contribution in [0.1, 0.15) is 5.56 Å². The number of hydrogen-bond acceptors (Lipinski definition) is 2. The summed E-state index contributed by atoms with van der Waals surface area (Å²) in [7, 11) is -0.320. The largest absolute Gasteiger partial charge is 0.598 e. The van der Waals surface area contributed by atoms with Gasteiger partial charge >= 0.3 is 7.73 Å². The minimum Gasteiger partial charge on any atom is -0.265 e. The van der Waals surface area contributed by atoms with Crippen molar-refractivity contribution in [3.05, 3.63) is 70.5 Å². The Balaban J connectivity index is 2.30. The smallest absolute Gasteiger partial charge is 0.265 e. The molecule has 5 heteroatoms. The summed E-state index contributed by atoms with van der Waals surface area (Å²) in [6.07, 6.45) is 0. The molecule has 0 aliphatic carbocycles. The van der Waals surface area contributed by atoms with Crippen LogP contribution in [0.3, 0.4) is 0 Å². The lowest BCUT2D eigenvalue weighted by atomic mass is 10.2. The molecule has 2 aromatic carbocycles. The van der Waals surface area contributed by atoms with Gasteiger partial charge in [-0.15, -0.1) is 8.66 Å². The molecule has 0 aliphatic rings. The Labute approximate surface area is 116 Å². The molecular formula is C15H14N2O2P+. The molecule has 20 heavy (non-hydrogen) atoms. The molecule has 0 amide bonds. The fraction of sp³-hybridized carbons (Fsp3) is 0.133. The van der Waals surface area contributed by atoms with E-state index in [0.29, 0.717) is 11.9 Å². The second-order valence-electron chi connectivity index (χ2n) is 4.64. The van der Waals surface area contributed by atoms with Crippen molar-refractivity contribution in [1.82, 2.24) is 8.66 Å². The first-order chi connectivity index (χ1) is 9.68. The molecule has 0 N–H and O–H groups in total. The van der Waals surface area contributed by atoms with Crippen molar-refractivity contribution in [2.24, 2.45) is 7.05 Å². The Hall–Kier alpha value is -2.19. The number of aromatic nitrogens is 2. The molecule has 1 atom stereocenters. The Morgan fingerprint density at radius 2 is 1.65 bits per heavy atom. The number of rotatable bonds is 2.